The lowest BCUT2D eigenvalue weighted by molar-refractivity contribution is -0.140. The largest absolute Gasteiger partial charge is 0.378 e. The first kappa shape index (κ1) is 19.9. The van der Waals surface area contributed by atoms with E-state index in [-0.39, 0.29) is 5.92 Å². The van der Waals surface area contributed by atoms with Gasteiger partial charge in [0.25, 0.3) is 0 Å². The summed E-state index contributed by atoms with van der Waals surface area (Å²) in [7, 11) is 0. The fourth-order valence-electron chi connectivity index (χ4n) is 4.90. The van der Waals surface area contributed by atoms with Gasteiger partial charge < -0.3 is 19.9 Å². The first-order valence-corrected chi connectivity index (χ1v) is 11.1. The summed E-state index contributed by atoms with van der Waals surface area (Å²) in [6.45, 7) is 14.5. The number of piperazine rings is 3. The fourth-order valence-corrected chi connectivity index (χ4v) is 4.90. The molecule has 5 aliphatic heterocycles. The number of piperidine rings is 1. The molecule has 2 bridgehead atoms. The summed E-state index contributed by atoms with van der Waals surface area (Å²) in [6.07, 6.45) is 1.84. The van der Waals surface area contributed by atoms with Gasteiger partial charge in [0.2, 0.25) is 5.91 Å². The normalized spacial score (nSPS) is 31.9. The lowest BCUT2D eigenvalue weighted by Gasteiger charge is -2.47. The topological polar surface area (TPSA) is 63.7 Å². The van der Waals surface area contributed by atoms with Crippen molar-refractivity contribution in [3.8, 4) is 0 Å². The van der Waals surface area contributed by atoms with Crippen molar-refractivity contribution in [2.45, 2.75) is 25.8 Å². The molecule has 5 rings (SSSR count). The van der Waals surface area contributed by atoms with Gasteiger partial charge in [0.1, 0.15) is 0 Å². The minimum absolute atomic E-state index is 0.158. The van der Waals surface area contributed by atoms with E-state index in [0.717, 1.165) is 64.6 Å². The van der Waals surface area contributed by atoms with Gasteiger partial charge in [-0.15, -0.1) is 0 Å². The number of likely N-dealkylation sites (tertiary alicyclic amines) is 1. The third-order valence-corrected chi connectivity index (χ3v) is 6.65. The predicted octanol–water partition coefficient (Wildman–Crippen LogP) is -0.477. The van der Waals surface area contributed by atoms with Gasteiger partial charge in [-0.1, -0.05) is 0 Å². The first-order chi connectivity index (χ1) is 13.7. The molecular weight excluding hydrogens is 356 g/mol. The number of hydrogen-bond acceptors (Lipinski definition) is 5. The Morgan fingerprint density at radius 3 is 2.32 bits per heavy atom. The summed E-state index contributed by atoms with van der Waals surface area (Å²) < 4.78 is 5.38. The molecule has 8 heteroatoms. The minimum atomic E-state index is 0.158. The van der Waals surface area contributed by atoms with E-state index in [9.17, 15) is 4.79 Å². The standard InChI is InChI=1S/C20H36N6O2/c1-2-21-20(22-15-18-16-23-7-9-24(18)10-8-23)26-5-3-17(4-6-26)19(27)25-11-13-28-14-12-25/h17-18H,2-16H2,1H3,(H,21,22). The van der Waals surface area contributed by atoms with Crippen molar-refractivity contribution >= 4 is 11.9 Å². The summed E-state index contributed by atoms with van der Waals surface area (Å²) in [4.78, 5) is 27.3. The first-order valence-electron chi connectivity index (χ1n) is 11.1. The van der Waals surface area contributed by atoms with Crippen LogP contribution in [0.25, 0.3) is 0 Å². The van der Waals surface area contributed by atoms with E-state index < -0.39 is 0 Å². The number of nitrogens with zero attached hydrogens (tertiary/aromatic N) is 5. The Bertz CT molecular complexity index is 549. The van der Waals surface area contributed by atoms with Gasteiger partial charge in [0, 0.05) is 77.4 Å². The second kappa shape index (κ2) is 9.41. The predicted molar refractivity (Wildman–Crippen MR) is 109 cm³/mol. The van der Waals surface area contributed by atoms with E-state index in [1.54, 1.807) is 0 Å². The van der Waals surface area contributed by atoms with Crippen LogP contribution >= 0.6 is 0 Å². The number of rotatable bonds is 4. The summed E-state index contributed by atoms with van der Waals surface area (Å²) in [5.74, 6) is 1.51. The van der Waals surface area contributed by atoms with E-state index in [1.807, 2.05) is 4.90 Å². The number of nitrogens with one attached hydrogen (secondary N) is 1. The van der Waals surface area contributed by atoms with Crippen LogP contribution in [0.2, 0.25) is 0 Å². The van der Waals surface area contributed by atoms with Gasteiger partial charge in [0.15, 0.2) is 5.96 Å². The zero-order chi connectivity index (χ0) is 19.3. The Balaban J connectivity index is 1.30. The molecule has 0 spiro atoms. The van der Waals surface area contributed by atoms with Crippen LogP contribution in [0.4, 0.5) is 0 Å². The monoisotopic (exact) mass is 392 g/mol. The molecular formula is C20H36N6O2. The van der Waals surface area contributed by atoms with Gasteiger partial charge in [-0.25, -0.2) is 0 Å². The van der Waals surface area contributed by atoms with Crippen LogP contribution in [0, 0.1) is 5.92 Å². The Kier molecular flexibility index (Phi) is 6.69. The molecule has 1 amide bonds. The van der Waals surface area contributed by atoms with E-state index in [2.05, 4.69) is 26.9 Å². The molecule has 0 aromatic rings. The number of aliphatic imine (C=N–C) groups is 1. The molecule has 0 radical (unpaired) electrons. The molecule has 5 fully saturated rings. The number of carbonyl (C=O) groups is 1. The van der Waals surface area contributed by atoms with Crippen LogP contribution in [-0.4, -0.2) is 123 Å². The number of fused-ring (bicyclic) bond motifs is 3. The summed E-state index contributed by atoms with van der Waals surface area (Å²) in [5.41, 5.74) is 0. The minimum Gasteiger partial charge on any atom is -0.378 e. The number of guanidine groups is 1. The molecule has 1 atom stereocenters. The lowest BCUT2D eigenvalue weighted by Crippen LogP contribution is -2.62. The van der Waals surface area contributed by atoms with Crippen LogP contribution < -0.4 is 5.32 Å². The quantitative estimate of drug-likeness (QED) is 0.515. The number of hydrogen-bond donors (Lipinski definition) is 1. The van der Waals surface area contributed by atoms with E-state index in [0.29, 0.717) is 25.2 Å². The van der Waals surface area contributed by atoms with Crippen molar-refractivity contribution in [1.29, 1.82) is 0 Å². The smallest absolute Gasteiger partial charge is 0.225 e. The molecule has 0 saturated carbocycles. The van der Waals surface area contributed by atoms with Crippen molar-refractivity contribution in [1.82, 2.24) is 24.9 Å². The Labute approximate surface area is 168 Å². The molecule has 28 heavy (non-hydrogen) atoms. The number of carbonyl (C=O) groups excluding carboxylic acids is 1. The highest BCUT2D eigenvalue weighted by Gasteiger charge is 2.33. The summed E-state index contributed by atoms with van der Waals surface area (Å²) in [6, 6.07) is 0.552. The SMILES string of the molecule is CCNC(=NCC1CN2CCN1CC2)N1CCC(C(=O)N2CCOCC2)CC1. The van der Waals surface area contributed by atoms with Gasteiger partial charge in [-0.2, -0.15) is 0 Å². The number of amides is 1. The molecule has 8 nitrogen and oxygen atoms in total. The van der Waals surface area contributed by atoms with Crippen LogP contribution in [0.3, 0.4) is 0 Å². The molecule has 5 saturated heterocycles. The van der Waals surface area contributed by atoms with Crippen molar-refractivity contribution in [2.24, 2.45) is 10.9 Å². The van der Waals surface area contributed by atoms with Crippen LogP contribution in [-0.2, 0) is 9.53 Å². The molecule has 1 N–H and O–H groups in total. The van der Waals surface area contributed by atoms with Crippen LogP contribution in [0.15, 0.2) is 4.99 Å². The highest BCUT2D eigenvalue weighted by Crippen LogP contribution is 2.21. The maximum Gasteiger partial charge on any atom is 0.225 e. The number of morpholine rings is 1. The molecule has 5 heterocycles. The lowest BCUT2D eigenvalue weighted by atomic mass is 9.95. The summed E-state index contributed by atoms with van der Waals surface area (Å²) >= 11 is 0. The van der Waals surface area contributed by atoms with Crippen molar-refractivity contribution in [3.63, 3.8) is 0 Å². The molecule has 1 unspecified atom stereocenters. The Hall–Kier alpha value is -1.38. The highest BCUT2D eigenvalue weighted by atomic mass is 16.5. The zero-order valence-electron chi connectivity index (χ0n) is 17.3. The Morgan fingerprint density at radius 1 is 1.00 bits per heavy atom. The second-order valence-corrected chi connectivity index (χ2v) is 8.38. The van der Waals surface area contributed by atoms with Gasteiger partial charge >= 0.3 is 0 Å². The van der Waals surface area contributed by atoms with Gasteiger partial charge in [-0.05, 0) is 19.8 Å². The molecule has 0 aliphatic carbocycles. The third kappa shape index (κ3) is 4.60. The van der Waals surface area contributed by atoms with E-state index >= 15 is 0 Å². The molecule has 158 valence electrons. The average molecular weight is 393 g/mol. The zero-order valence-corrected chi connectivity index (χ0v) is 17.3. The average Bonchev–Trinajstić information content (AvgIpc) is 2.78. The van der Waals surface area contributed by atoms with Crippen LogP contribution in [0.5, 0.6) is 0 Å². The van der Waals surface area contributed by atoms with Crippen molar-refractivity contribution in [3.05, 3.63) is 0 Å². The molecule has 0 aromatic carbocycles. The molecule has 5 aliphatic rings. The third-order valence-electron chi connectivity index (χ3n) is 6.65. The van der Waals surface area contributed by atoms with E-state index in [4.69, 9.17) is 9.73 Å². The van der Waals surface area contributed by atoms with E-state index in [1.165, 1.54) is 26.2 Å². The van der Waals surface area contributed by atoms with Crippen LogP contribution in [0.1, 0.15) is 19.8 Å². The highest BCUT2D eigenvalue weighted by molar-refractivity contribution is 5.82. The van der Waals surface area contributed by atoms with Gasteiger partial charge in [0.05, 0.1) is 19.8 Å². The van der Waals surface area contributed by atoms with Crippen molar-refractivity contribution in [2.75, 3.05) is 85.2 Å². The second-order valence-electron chi connectivity index (χ2n) is 8.38. The maximum absolute atomic E-state index is 12.8. The van der Waals surface area contributed by atoms with Gasteiger partial charge in [-0.3, -0.25) is 19.6 Å². The fraction of sp³-hybridized carbons (Fsp3) is 0.900. The molecule has 0 aromatic heterocycles. The Morgan fingerprint density at radius 2 is 1.71 bits per heavy atom. The van der Waals surface area contributed by atoms with Crippen molar-refractivity contribution < 1.29 is 9.53 Å². The summed E-state index contributed by atoms with van der Waals surface area (Å²) in [5, 5.41) is 3.48. The maximum atomic E-state index is 12.8. The number of ether oxygens (including phenoxy) is 1.